The molecule has 0 spiro atoms. The molecule has 17 heavy (non-hydrogen) atoms. The third-order valence-electron chi connectivity index (χ3n) is 3.08. The van der Waals surface area contributed by atoms with Gasteiger partial charge >= 0.3 is 0 Å². The van der Waals surface area contributed by atoms with Crippen LogP contribution in [0.15, 0.2) is 24.3 Å². The number of hydrogen-bond acceptors (Lipinski definition) is 3. The fourth-order valence-electron chi connectivity index (χ4n) is 1.98. The molecule has 1 aromatic carbocycles. The predicted octanol–water partition coefficient (Wildman–Crippen LogP) is 1.63. The molecule has 4 heteroatoms. The fourth-order valence-corrected chi connectivity index (χ4v) is 1.98. The van der Waals surface area contributed by atoms with Crippen molar-refractivity contribution in [3.63, 3.8) is 0 Å². The number of aliphatic hydroxyl groups is 1. The quantitative estimate of drug-likeness (QED) is 0.839. The normalized spacial score (nSPS) is 19.2. The van der Waals surface area contributed by atoms with Gasteiger partial charge in [0.2, 0.25) is 0 Å². The van der Waals surface area contributed by atoms with E-state index in [-0.39, 0.29) is 5.82 Å². The molecule has 3 nitrogen and oxygen atoms in total. The van der Waals surface area contributed by atoms with Crippen molar-refractivity contribution in [2.75, 3.05) is 19.8 Å². The summed E-state index contributed by atoms with van der Waals surface area (Å²) in [7, 11) is 0. The van der Waals surface area contributed by atoms with Crippen LogP contribution in [0.4, 0.5) is 4.39 Å². The standard InChI is InChI=1S/C13H18FNO2/c14-11-3-1-10(2-4-11)13(16)9-15-12-5-7-17-8-6-12/h1-4,12-13,15-16H,5-9H2/t13-/m0/s1. The highest BCUT2D eigenvalue weighted by atomic mass is 19.1. The fraction of sp³-hybridized carbons (Fsp3) is 0.538. The Balaban J connectivity index is 1.80. The number of benzene rings is 1. The second-order valence-corrected chi connectivity index (χ2v) is 4.36. The smallest absolute Gasteiger partial charge is 0.123 e. The second-order valence-electron chi connectivity index (χ2n) is 4.36. The topological polar surface area (TPSA) is 41.5 Å². The summed E-state index contributed by atoms with van der Waals surface area (Å²) >= 11 is 0. The summed E-state index contributed by atoms with van der Waals surface area (Å²) in [5, 5.41) is 13.2. The first-order chi connectivity index (χ1) is 8.25. The van der Waals surface area contributed by atoms with Gasteiger partial charge in [0.05, 0.1) is 6.10 Å². The highest BCUT2D eigenvalue weighted by Gasteiger charge is 2.15. The van der Waals surface area contributed by atoms with E-state index < -0.39 is 6.10 Å². The summed E-state index contributed by atoms with van der Waals surface area (Å²) in [5.41, 5.74) is 0.742. The molecule has 1 aliphatic rings. The molecule has 2 N–H and O–H groups in total. The maximum Gasteiger partial charge on any atom is 0.123 e. The van der Waals surface area contributed by atoms with Crippen LogP contribution >= 0.6 is 0 Å². The van der Waals surface area contributed by atoms with Crippen LogP contribution in [-0.2, 0) is 4.74 Å². The lowest BCUT2D eigenvalue weighted by molar-refractivity contribution is 0.0724. The van der Waals surface area contributed by atoms with Gasteiger partial charge in [0.25, 0.3) is 0 Å². The van der Waals surface area contributed by atoms with E-state index in [2.05, 4.69) is 5.32 Å². The largest absolute Gasteiger partial charge is 0.387 e. The monoisotopic (exact) mass is 239 g/mol. The van der Waals surface area contributed by atoms with Crippen molar-refractivity contribution < 1.29 is 14.2 Å². The molecule has 1 saturated heterocycles. The lowest BCUT2D eigenvalue weighted by Crippen LogP contribution is -2.37. The van der Waals surface area contributed by atoms with Gasteiger partial charge < -0.3 is 15.2 Å². The molecule has 1 aliphatic heterocycles. The van der Waals surface area contributed by atoms with E-state index in [0.29, 0.717) is 12.6 Å². The zero-order valence-electron chi connectivity index (χ0n) is 9.73. The van der Waals surface area contributed by atoms with Gasteiger partial charge in [-0.05, 0) is 30.5 Å². The Hall–Kier alpha value is -0.970. The Bertz CT molecular complexity index is 336. The van der Waals surface area contributed by atoms with E-state index in [1.807, 2.05) is 0 Å². The van der Waals surface area contributed by atoms with Crippen molar-refractivity contribution in [3.05, 3.63) is 35.6 Å². The summed E-state index contributed by atoms with van der Waals surface area (Å²) in [4.78, 5) is 0. The minimum absolute atomic E-state index is 0.279. The number of nitrogens with one attached hydrogen (secondary N) is 1. The average Bonchev–Trinajstić information content (AvgIpc) is 2.38. The molecule has 1 heterocycles. The SMILES string of the molecule is O[C@@H](CNC1CCOCC1)c1ccc(F)cc1. The molecule has 0 bridgehead atoms. The Labute approximate surface area is 101 Å². The molecule has 1 fully saturated rings. The number of ether oxygens (including phenoxy) is 1. The molecule has 0 radical (unpaired) electrons. The molecule has 0 unspecified atom stereocenters. The highest BCUT2D eigenvalue weighted by Crippen LogP contribution is 2.14. The van der Waals surface area contributed by atoms with Crippen LogP contribution in [0.5, 0.6) is 0 Å². The zero-order valence-corrected chi connectivity index (χ0v) is 9.73. The maximum atomic E-state index is 12.7. The van der Waals surface area contributed by atoms with Crippen LogP contribution in [-0.4, -0.2) is 30.9 Å². The van der Waals surface area contributed by atoms with Crippen molar-refractivity contribution in [2.24, 2.45) is 0 Å². The van der Waals surface area contributed by atoms with Crippen molar-refractivity contribution in [1.29, 1.82) is 0 Å². The number of aliphatic hydroxyl groups excluding tert-OH is 1. The van der Waals surface area contributed by atoms with E-state index in [1.165, 1.54) is 12.1 Å². The first kappa shape index (κ1) is 12.5. The molecular weight excluding hydrogens is 221 g/mol. The molecule has 0 aromatic heterocycles. The van der Waals surface area contributed by atoms with E-state index in [4.69, 9.17) is 4.74 Å². The van der Waals surface area contributed by atoms with Crippen LogP contribution in [0.2, 0.25) is 0 Å². The molecule has 0 saturated carbocycles. The third kappa shape index (κ3) is 3.77. The summed E-state index contributed by atoms with van der Waals surface area (Å²) in [6.07, 6.45) is 1.38. The first-order valence-corrected chi connectivity index (χ1v) is 6.00. The molecule has 1 atom stereocenters. The Kier molecular flexibility index (Phi) is 4.48. The number of halogens is 1. The minimum Gasteiger partial charge on any atom is -0.387 e. The van der Waals surface area contributed by atoms with Crippen LogP contribution < -0.4 is 5.32 Å². The zero-order chi connectivity index (χ0) is 12.1. The lowest BCUT2D eigenvalue weighted by atomic mass is 10.1. The Morgan fingerprint density at radius 1 is 1.29 bits per heavy atom. The van der Waals surface area contributed by atoms with Gasteiger partial charge in [-0.25, -0.2) is 4.39 Å². The molecule has 0 aliphatic carbocycles. The van der Waals surface area contributed by atoms with E-state index in [1.54, 1.807) is 12.1 Å². The third-order valence-corrected chi connectivity index (χ3v) is 3.08. The second kappa shape index (κ2) is 6.10. The van der Waals surface area contributed by atoms with Crippen molar-refractivity contribution in [1.82, 2.24) is 5.32 Å². The van der Waals surface area contributed by atoms with Gasteiger partial charge in [-0.15, -0.1) is 0 Å². The molecule has 0 amide bonds. The van der Waals surface area contributed by atoms with Gasteiger partial charge in [-0.1, -0.05) is 12.1 Å². The van der Waals surface area contributed by atoms with Gasteiger partial charge in [0.15, 0.2) is 0 Å². The first-order valence-electron chi connectivity index (χ1n) is 6.00. The average molecular weight is 239 g/mol. The number of hydrogen-bond donors (Lipinski definition) is 2. The van der Waals surface area contributed by atoms with Gasteiger partial charge in [-0.3, -0.25) is 0 Å². The van der Waals surface area contributed by atoms with Crippen molar-refractivity contribution >= 4 is 0 Å². The molecular formula is C13H18FNO2. The van der Waals surface area contributed by atoms with Gasteiger partial charge in [0.1, 0.15) is 5.82 Å². The summed E-state index contributed by atoms with van der Waals surface area (Å²) in [6.45, 7) is 2.06. The Morgan fingerprint density at radius 3 is 2.59 bits per heavy atom. The number of rotatable bonds is 4. The van der Waals surface area contributed by atoms with Crippen LogP contribution in [0.1, 0.15) is 24.5 Å². The Morgan fingerprint density at radius 2 is 1.94 bits per heavy atom. The molecule has 1 aromatic rings. The molecule has 2 rings (SSSR count). The van der Waals surface area contributed by atoms with E-state index >= 15 is 0 Å². The summed E-state index contributed by atoms with van der Waals surface area (Å²) in [6, 6.07) is 6.39. The van der Waals surface area contributed by atoms with Crippen molar-refractivity contribution in [2.45, 2.75) is 25.0 Å². The summed E-state index contributed by atoms with van der Waals surface area (Å²) in [5.74, 6) is -0.279. The van der Waals surface area contributed by atoms with Crippen molar-refractivity contribution in [3.8, 4) is 0 Å². The predicted molar refractivity (Wildman–Crippen MR) is 63.2 cm³/mol. The minimum atomic E-state index is -0.585. The van der Waals surface area contributed by atoms with Crippen LogP contribution in [0.25, 0.3) is 0 Å². The lowest BCUT2D eigenvalue weighted by Gasteiger charge is -2.24. The van der Waals surface area contributed by atoms with Crippen LogP contribution in [0.3, 0.4) is 0 Å². The van der Waals surface area contributed by atoms with Crippen LogP contribution in [0, 0.1) is 5.82 Å². The van der Waals surface area contributed by atoms with Gasteiger partial charge in [0, 0.05) is 25.8 Å². The van der Waals surface area contributed by atoms with E-state index in [9.17, 15) is 9.50 Å². The molecule has 94 valence electrons. The summed E-state index contributed by atoms with van der Waals surface area (Å²) < 4.78 is 18.0. The highest BCUT2D eigenvalue weighted by molar-refractivity contribution is 5.18. The maximum absolute atomic E-state index is 12.7. The van der Waals surface area contributed by atoms with Gasteiger partial charge in [-0.2, -0.15) is 0 Å². The van der Waals surface area contributed by atoms with E-state index in [0.717, 1.165) is 31.6 Å².